The molecule has 2 unspecified atom stereocenters. The number of nitrogens with one attached hydrogen (secondary N) is 1. The van der Waals surface area contributed by atoms with E-state index in [4.69, 9.17) is 4.74 Å². The summed E-state index contributed by atoms with van der Waals surface area (Å²) in [6.07, 6.45) is 1.87. The fourth-order valence-corrected chi connectivity index (χ4v) is 1.57. The fraction of sp³-hybridized carbons (Fsp3) is 0.900. The number of amides is 1. The Morgan fingerprint density at radius 2 is 2.38 bits per heavy atom. The predicted molar refractivity (Wildman–Crippen MR) is 51.4 cm³/mol. The maximum absolute atomic E-state index is 11.7. The molecule has 1 aliphatic rings. The molecule has 0 aromatic carbocycles. The van der Waals surface area contributed by atoms with Crippen molar-refractivity contribution in [2.24, 2.45) is 5.41 Å². The van der Waals surface area contributed by atoms with Gasteiger partial charge in [-0.3, -0.25) is 4.79 Å². The van der Waals surface area contributed by atoms with E-state index in [1.54, 1.807) is 0 Å². The molecule has 3 heteroatoms. The Labute approximate surface area is 79.8 Å². The van der Waals surface area contributed by atoms with Gasteiger partial charge in [-0.15, -0.1) is 0 Å². The molecule has 0 bridgehead atoms. The molecule has 13 heavy (non-hydrogen) atoms. The second-order valence-electron chi connectivity index (χ2n) is 3.94. The van der Waals surface area contributed by atoms with E-state index in [2.05, 4.69) is 12.2 Å². The zero-order chi connectivity index (χ0) is 9.90. The van der Waals surface area contributed by atoms with E-state index in [1.165, 1.54) is 0 Å². The Bertz CT molecular complexity index is 193. The quantitative estimate of drug-likeness (QED) is 0.720. The first-order valence-corrected chi connectivity index (χ1v) is 5.01. The maximum atomic E-state index is 11.7. The van der Waals surface area contributed by atoms with E-state index in [0.29, 0.717) is 6.61 Å². The number of hydrogen-bond donors (Lipinski definition) is 1. The van der Waals surface area contributed by atoms with Crippen molar-refractivity contribution in [3.63, 3.8) is 0 Å². The van der Waals surface area contributed by atoms with Crippen molar-refractivity contribution < 1.29 is 9.53 Å². The van der Waals surface area contributed by atoms with Crippen molar-refractivity contribution in [2.45, 2.75) is 39.7 Å². The molecule has 0 radical (unpaired) electrons. The lowest BCUT2D eigenvalue weighted by Gasteiger charge is -2.25. The highest BCUT2D eigenvalue weighted by Crippen LogP contribution is 2.34. The molecule has 0 saturated carbocycles. The molecule has 1 heterocycles. The minimum atomic E-state index is -0.310. The van der Waals surface area contributed by atoms with E-state index in [-0.39, 0.29) is 17.4 Å². The lowest BCUT2D eigenvalue weighted by molar-refractivity contribution is -0.132. The summed E-state index contributed by atoms with van der Waals surface area (Å²) in [6, 6.07) is 0. The molecule has 3 nitrogen and oxygen atoms in total. The van der Waals surface area contributed by atoms with Crippen LogP contribution in [0.3, 0.4) is 0 Å². The predicted octanol–water partition coefficient (Wildman–Crippen LogP) is 1.33. The zero-order valence-corrected chi connectivity index (χ0v) is 8.72. The molecule has 1 rings (SSSR count). The SMILES string of the molecule is CCCNC(=O)C1(C)CCOC1C. The third-order valence-corrected chi connectivity index (χ3v) is 2.94. The van der Waals surface area contributed by atoms with Crippen LogP contribution in [-0.4, -0.2) is 25.2 Å². The molecule has 1 aliphatic heterocycles. The second-order valence-corrected chi connectivity index (χ2v) is 3.94. The summed E-state index contributed by atoms with van der Waals surface area (Å²) in [5.74, 6) is 0.138. The van der Waals surface area contributed by atoms with Gasteiger partial charge in [0.1, 0.15) is 0 Å². The minimum absolute atomic E-state index is 0.0457. The topological polar surface area (TPSA) is 38.3 Å². The molecule has 1 N–H and O–H groups in total. The third kappa shape index (κ3) is 2.02. The number of hydrogen-bond acceptors (Lipinski definition) is 2. The van der Waals surface area contributed by atoms with Gasteiger partial charge in [-0.2, -0.15) is 0 Å². The van der Waals surface area contributed by atoms with Crippen LogP contribution in [0.4, 0.5) is 0 Å². The second kappa shape index (κ2) is 4.09. The molecule has 1 amide bonds. The molecule has 2 atom stereocenters. The first-order chi connectivity index (χ1) is 6.11. The summed E-state index contributed by atoms with van der Waals surface area (Å²) >= 11 is 0. The van der Waals surface area contributed by atoms with Gasteiger partial charge in [-0.1, -0.05) is 6.92 Å². The average molecular weight is 185 g/mol. The first-order valence-electron chi connectivity index (χ1n) is 5.01. The van der Waals surface area contributed by atoms with Crippen LogP contribution in [0.1, 0.15) is 33.6 Å². The van der Waals surface area contributed by atoms with Crippen LogP contribution in [0.25, 0.3) is 0 Å². The van der Waals surface area contributed by atoms with Crippen LogP contribution >= 0.6 is 0 Å². The molecular weight excluding hydrogens is 166 g/mol. The van der Waals surface area contributed by atoms with Gasteiger partial charge >= 0.3 is 0 Å². The number of carbonyl (C=O) groups is 1. The van der Waals surface area contributed by atoms with Crippen molar-refractivity contribution in [1.29, 1.82) is 0 Å². The molecule has 0 aliphatic carbocycles. The largest absolute Gasteiger partial charge is 0.377 e. The molecule has 0 aromatic rings. The van der Waals surface area contributed by atoms with Crippen LogP contribution in [0, 0.1) is 5.41 Å². The molecule has 76 valence electrons. The van der Waals surface area contributed by atoms with Gasteiger partial charge in [0.25, 0.3) is 0 Å². The van der Waals surface area contributed by atoms with E-state index >= 15 is 0 Å². The van der Waals surface area contributed by atoms with Gasteiger partial charge in [-0.25, -0.2) is 0 Å². The molecular formula is C10H19NO2. The highest BCUT2D eigenvalue weighted by molar-refractivity contribution is 5.83. The van der Waals surface area contributed by atoms with Crippen molar-refractivity contribution >= 4 is 5.91 Å². The average Bonchev–Trinajstić information content (AvgIpc) is 2.44. The summed E-state index contributed by atoms with van der Waals surface area (Å²) in [5.41, 5.74) is -0.310. The lowest BCUT2D eigenvalue weighted by Crippen LogP contribution is -2.43. The Balaban J connectivity index is 2.53. The van der Waals surface area contributed by atoms with Crippen LogP contribution in [-0.2, 0) is 9.53 Å². The first kappa shape index (κ1) is 10.5. The summed E-state index contributed by atoms with van der Waals surface area (Å²) in [7, 11) is 0. The molecule has 0 spiro atoms. The van der Waals surface area contributed by atoms with Crippen LogP contribution < -0.4 is 5.32 Å². The van der Waals surface area contributed by atoms with E-state index in [1.807, 2.05) is 13.8 Å². The Kier molecular flexibility index (Phi) is 3.31. The van der Waals surface area contributed by atoms with Crippen LogP contribution in [0.15, 0.2) is 0 Å². The van der Waals surface area contributed by atoms with Crippen LogP contribution in [0.5, 0.6) is 0 Å². The van der Waals surface area contributed by atoms with Gasteiger partial charge in [0.2, 0.25) is 5.91 Å². The smallest absolute Gasteiger partial charge is 0.228 e. The highest BCUT2D eigenvalue weighted by Gasteiger charge is 2.43. The molecule has 0 aromatic heterocycles. The number of ether oxygens (including phenoxy) is 1. The maximum Gasteiger partial charge on any atom is 0.228 e. The Morgan fingerprint density at radius 3 is 2.85 bits per heavy atom. The lowest BCUT2D eigenvalue weighted by atomic mass is 9.83. The summed E-state index contributed by atoms with van der Waals surface area (Å²) in [6.45, 7) is 7.48. The third-order valence-electron chi connectivity index (χ3n) is 2.94. The normalized spacial score (nSPS) is 33.3. The van der Waals surface area contributed by atoms with Crippen molar-refractivity contribution in [3.05, 3.63) is 0 Å². The van der Waals surface area contributed by atoms with Crippen molar-refractivity contribution in [1.82, 2.24) is 5.32 Å². The van der Waals surface area contributed by atoms with Crippen molar-refractivity contribution in [2.75, 3.05) is 13.2 Å². The number of carbonyl (C=O) groups excluding carboxylic acids is 1. The Morgan fingerprint density at radius 1 is 1.69 bits per heavy atom. The Hall–Kier alpha value is -0.570. The molecule has 1 saturated heterocycles. The van der Waals surface area contributed by atoms with E-state index < -0.39 is 0 Å². The van der Waals surface area contributed by atoms with E-state index in [9.17, 15) is 4.79 Å². The van der Waals surface area contributed by atoms with E-state index in [0.717, 1.165) is 19.4 Å². The monoisotopic (exact) mass is 185 g/mol. The van der Waals surface area contributed by atoms with Crippen LogP contribution in [0.2, 0.25) is 0 Å². The number of rotatable bonds is 3. The summed E-state index contributed by atoms with van der Waals surface area (Å²) in [4.78, 5) is 11.7. The van der Waals surface area contributed by atoms with Gasteiger partial charge in [-0.05, 0) is 26.7 Å². The highest BCUT2D eigenvalue weighted by atomic mass is 16.5. The standard InChI is InChI=1S/C10H19NO2/c1-4-6-11-9(12)10(3)5-7-13-8(10)2/h8H,4-7H2,1-3H3,(H,11,12). The summed E-state index contributed by atoms with van der Waals surface area (Å²) < 4.78 is 5.41. The summed E-state index contributed by atoms with van der Waals surface area (Å²) in [5, 5.41) is 2.93. The van der Waals surface area contributed by atoms with Gasteiger partial charge in [0.15, 0.2) is 0 Å². The minimum Gasteiger partial charge on any atom is -0.377 e. The zero-order valence-electron chi connectivity index (χ0n) is 8.72. The molecule has 1 fully saturated rings. The van der Waals surface area contributed by atoms with Crippen molar-refractivity contribution in [3.8, 4) is 0 Å². The van der Waals surface area contributed by atoms with Gasteiger partial charge in [0.05, 0.1) is 11.5 Å². The van der Waals surface area contributed by atoms with Gasteiger partial charge < -0.3 is 10.1 Å². The van der Waals surface area contributed by atoms with Gasteiger partial charge in [0, 0.05) is 13.2 Å². The fourth-order valence-electron chi connectivity index (χ4n) is 1.57.